The van der Waals surface area contributed by atoms with Crippen LogP contribution in [-0.2, 0) is 0 Å². The molecule has 104 valence electrons. The first-order valence-corrected chi connectivity index (χ1v) is 6.51. The summed E-state index contributed by atoms with van der Waals surface area (Å²) in [6, 6.07) is 16.4. The van der Waals surface area contributed by atoms with Crippen molar-refractivity contribution in [2.75, 3.05) is 0 Å². The Hall–Kier alpha value is -2.95. The fourth-order valence-corrected chi connectivity index (χ4v) is 2.17. The van der Waals surface area contributed by atoms with Crippen molar-refractivity contribution in [3.05, 3.63) is 76.5 Å². The molecule has 0 unspecified atom stereocenters. The lowest BCUT2D eigenvalue weighted by atomic mass is 10.1. The summed E-state index contributed by atoms with van der Waals surface area (Å²) in [7, 11) is 0. The summed E-state index contributed by atoms with van der Waals surface area (Å²) in [5.74, 6) is 0. The van der Waals surface area contributed by atoms with Gasteiger partial charge in [-0.25, -0.2) is 4.68 Å². The predicted molar refractivity (Wildman–Crippen MR) is 80.4 cm³/mol. The number of nitro groups is 1. The number of nitro benzene ring substituents is 1. The molecule has 0 saturated carbocycles. The van der Waals surface area contributed by atoms with Crippen LogP contribution in [-0.4, -0.2) is 14.7 Å². The topological polar surface area (TPSA) is 61.0 Å². The molecular weight excluding hydrogens is 266 g/mol. The molecule has 3 aromatic rings. The van der Waals surface area contributed by atoms with Gasteiger partial charge in [0.25, 0.3) is 5.69 Å². The van der Waals surface area contributed by atoms with E-state index in [1.165, 1.54) is 17.7 Å². The number of rotatable bonds is 3. The highest BCUT2D eigenvalue weighted by Crippen LogP contribution is 2.24. The average Bonchev–Trinajstić information content (AvgIpc) is 2.97. The number of non-ortho nitro benzene ring substituents is 1. The van der Waals surface area contributed by atoms with Crippen LogP contribution in [0.2, 0.25) is 0 Å². The second kappa shape index (κ2) is 5.20. The van der Waals surface area contributed by atoms with Gasteiger partial charge >= 0.3 is 0 Å². The Morgan fingerprint density at radius 2 is 1.67 bits per heavy atom. The maximum atomic E-state index is 10.7. The van der Waals surface area contributed by atoms with E-state index in [1.54, 1.807) is 18.3 Å². The van der Waals surface area contributed by atoms with Crippen molar-refractivity contribution in [3.63, 3.8) is 0 Å². The second-order valence-corrected chi connectivity index (χ2v) is 4.77. The van der Waals surface area contributed by atoms with E-state index in [2.05, 4.69) is 5.10 Å². The molecule has 1 heterocycles. The molecule has 3 rings (SSSR count). The van der Waals surface area contributed by atoms with E-state index in [0.717, 1.165) is 16.9 Å². The normalized spacial score (nSPS) is 10.5. The lowest BCUT2D eigenvalue weighted by Crippen LogP contribution is -1.98. The van der Waals surface area contributed by atoms with Gasteiger partial charge in [-0.15, -0.1) is 0 Å². The van der Waals surface area contributed by atoms with Crippen LogP contribution in [0.15, 0.2) is 60.8 Å². The lowest BCUT2D eigenvalue weighted by molar-refractivity contribution is -0.384. The predicted octanol–water partition coefficient (Wildman–Crippen LogP) is 3.76. The molecule has 0 aliphatic carbocycles. The zero-order valence-corrected chi connectivity index (χ0v) is 11.4. The van der Waals surface area contributed by atoms with Crippen LogP contribution in [0.4, 0.5) is 5.69 Å². The van der Waals surface area contributed by atoms with Crippen LogP contribution in [0.25, 0.3) is 16.9 Å². The lowest BCUT2D eigenvalue weighted by Gasteiger charge is -2.08. The quantitative estimate of drug-likeness (QED) is 0.541. The highest BCUT2D eigenvalue weighted by molar-refractivity contribution is 5.63. The molecule has 0 N–H and O–H groups in total. The van der Waals surface area contributed by atoms with E-state index >= 15 is 0 Å². The Morgan fingerprint density at radius 3 is 2.29 bits per heavy atom. The highest BCUT2D eigenvalue weighted by Gasteiger charge is 2.10. The van der Waals surface area contributed by atoms with Gasteiger partial charge in [0.05, 0.1) is 22.5 Å². The number of hydrogen-bond acceptors (Lipinski definition) is 3. The van der Waals surface area contributed by atoms with Crippen molar-refractivity contribution >= 4 is 5.69 Å². The van der Waals surface area contributed by atoms with E-state index in [4.69, 9.17) is 0 Å². The van der Waals surface area contributed by atoms with Crippen molar-refractivity contribution in [2.45, 2.75) is 6.92 Å². The zero-order valence-electron chi connectivity index (χ0n) is 11.4. The number of benzene rings is 2. The molecule has 1 aromatic heterocycles. The molecule has 0 atom stereocenters. The zero-order chi connectivity index (χ0) is 14.8. The summed E-state index contributed by atoms with van der Waals surface area (Å²) in [5, 5.41) is 15.0. The van der Waals surface area contributed by atoms with Crippen molar-refractivity contribution in [1.82, 2.24) is 9.78 Å². The Labute approximate surface area is 121 Å². The Morgan fingerprint density at radius 1 is 1.00 bits per heavy atom. The highest BCUT2D eigenvalue weighted by atomic mass is 16.6. The van der Waals surface area contributed by atoms with Crippen LogP contribution in [0, 0.1) is 17.0 Å². The van der Waals surface area contributed by atoms with E-state index in [0.29, 0.717) is 0 Å². The van der Waals surface area contributed by atoms with Crippen LogP contribution < -0.4 is 0 Å². The molecule has 0 saturated heterocycles. The van der Waals surface area contributed by atoms with Gasteiger partial charge in [-0.1, -0.05) is 17.7 Å². The van der Waals surface area contributed by atoms with Crippen LogP contribution >= 0.6 is 0 Å². The number of aromatic nitrogens is 2. The summed E-state index contributed by atoms with van der Waals surface area (Å²) in [5.41, 5.74) is 4.01. The maximum Gasteiger partial charge on any atom is 0.269 e. The standard InChI is InChI=1S/C16H13N3O2/c1-12-2-6-14(7-3-12)18-16(10-11-17-18)13-4-8-15(9-5-13)19(20)21/h2-11H,1H3. The van der Waals surface area contributed by atoms with Crippen LogP contribution in [0.3, 0.4) is 0 Å². The molecule has 0 amide bonds. The third-order valence-corrected chi connectivity index (χ3v) is 3.30. The van der Waals surface area contributed by atoms with E-state index in [9.17, 15) is 10.1 Å². The number of nitrogens with zero attached hydrogens (tertiary/aromatic N) is 3. The summed E-state index contributed by atoms with van der Waals surface area (Å²) in [4.78, 5) is 10.3. The fourth-order valence-electron chi connectivity index (χ4n) is 2.17. The minimum Gasteiger partial charge on any atom is -0.258 e. The summed E-state index contributed by atoms with van der Waals surface area (Å²) in [6.45, 7) is 2.03. The monoisotopic (exact) mass is 279 g/mol. The van der Waals surface area contributed by atoms with Gasteiger partial charge in [0, 0.05) is 17.7 Å². The summed E-state index contributed by atoms with van der Waals surface area (Å²) >= 11 is 0. The number of aryl methyl sites for hydroxylation is 1. The molecule has 2 aromatic carbocycles. The minimum atomic E-state index is -0.402. The Bertz CT molecular complexity index is 774. The van der Waals surface area contributed by atoms with Gasteiger partial charge in [0.15, 0.2) is 0 Å². The molecular formula is C16H13N3O2. The number of hydrogen-bond donors (Lipinski definition) is 0. The smallest absolute Gasteiger partial charge is 0.258 e. The molecule has 5 nitrogen and oxygen atoms in total. The third kappa shape index (κ3) is 2.53. The molecule has 0 fully saturated rings. The van der Waals surface area contributed by atoms with Crippen LogP contribution in [0.1, 0.15) is 5.56 Å². The summed E-state index contributed by atoms with van der Waals surface area (Å²) < 4.78 is 1.82. The largest absolute Gasteiger partial charge is 0.269 e. The van der Waals surface area contributed by atoms with E-state index < -0.39 is 4.92 Å². The van der Waals surface area contributed by atoms with Gasteiger partial charge in [0.2, 0.25) is 0 Å². The first kappa shape index (κ1) is 13.1. The second-order valence-electron chi connectivity index (χ2n) is 4.77. The average molecular weight is 279 g/mol. The molecule has 0 aliphatic heterocycles. The third-order valence-electron chi connectivity index (χ3n) is 3.30. The molecule has 0 spiro atoms. The maximum absolute atomic E-state index is 10.7. The van der Waals surface area contributed by atoms with Crippen molar-refractivity contribution in [3.8, 4) is 16.9 Å². The van der Waals surface area contributed by atoms with E-state index in [1.807, 2.05) is 41.9 Å². The fraction of sp³-hybridized carbons (Fsp3) is 0.0625. The molecule has 21 heavy (non-hydrogen) atoms. The first-order chi connectivity index (χ1) is 10.1. The molecule has 0 aliphatic rings. The Balaban J connectivity index is 2.02. The van der Waals surface area contributed by atoms with Gasteiger partial charge in [-0.05, 0) is 37.3 Å². The van der Waals surface area contributed by atoms with Crippen molar-refractivity contribution < 1.29 is 4.92 Å². The molecule has 0 radical (unpaired) electrons. The van der Waals surface area contributed by atoms with Gasteiger partial charge in [-0.3, -0.25) is 10.1 Å². The van der Waals surface area contributed by atoms with Gasteiger partial charge in [-0.2, -0.15) is 5.10 Å². The minimum absolute atomic E-state index is 0.0835. The van der Waals surface area contributed by atoms with Crippen LogP contribution in [0.5, 0.6) is 0 Å². The van der Waals surface area contributed by atoms with Crippen molar-refractivity contribution in [1.29, 1.82) is 0 Å². The molecule has 0 bridgehead atoms. The van der Waals surface area contributed by atoms with Gasteiger partial charge in [0.1, 0.15) is 0 Å². The van der Waals surface area contributed by atoms with Crippen molar-refractivity contribution in [2.24, 2.45) is 0 Å². The van der Waals surface area contributed by atoms with Gasteiger partial charge < -0.3 is 0 Å². The Kier molecular flexibility index (Phi) is 3.23. The molecule has 5 heteroatoms. The van der Waals surface area contributed by atoms with E-state index in [-0.39, 0.29) is 5.69 Å². The first-order valence-electron chi connectivity index (χ1n) is 6.51. The summed E-state index contributed by atoms with van der Waals surface area (Å²) in [6.07, 6.45) is 1.72. The SMILES string of the molecule is Cc1ccc(-n2nccc2-c2ccc([N+](=O)[O-])cc2)cc1.